The highest BCUT2D eigenvalue weighted by Crippen LogP contribution is 2.29. The van der Waals surface area contributed by atoms with E-state index in [9.17, 15) is 9.59 Å². The van der Waals surface area contributed by atoms with Crippen molar-refractivity contribution in [2.45, 2.75) is 44.7 Å². The molecule has 1 atom stereocenters. The minimum Gasteiger partial charge on any atom is -0.383 e. The Morgan fingerprint density at radius 3 is 2.89 bits per heavy atom. The molecule has 1 aromatic heterocycles. The van der Waals surface area contributed by atoms with Gasteiger partial charge in [0.15, 0.2) is 0 Å². The number of nitrogens with zero attached hydrogens (tertiary/aromatic N) is 3. The number of hydrogen-bond acceptors (Lipinski definition) is 4. The predicted octanol–water partition coefficient (Wildman–Crippen LogP) is 2.03. The Labute approximate surface area is 161 Å². The molecule has 0 bridgehead atoms. The van der Waals surface area contributed by atoms with E-state index in [0.29, 0.717) is 38.7 Å². The van der Waals surface area contributed by atoms with Crippen molar-refractivity contribution in [1.29, 1.82) is 0 Å². The smallest absolute Gasteiger partial charge is 0.317 e. The zero-order chi connectivity index (χ0) is 19.1. The molecular weight excluding hydrogens is 344 g/mol. The second kappa shape index (κ2) is 9.69. The number of rotatable bonds is 8. The van der Waals surface area contributed by atoms with Gasteiger partial charge in [0.25, 0.3) is 0 Å². The second-order valence-electron chi connectivity index (χ2n) is 7.48. The molecule has 2 fully saturated rings. The van der Waals surface area contributed by atoms with Gasteiger partial charge in [-0.3, -0.25) is 9.78 Å². The SMILES string of the molecule is COCCN(Cc1ccccn1)C(=O)NC[C@H]1CC(=O)N(C2CCCC2)C1. The van der Waals surface area contributed by atoms with Gasteiger partial charge in [-0.2, -0.15) is 0 Å². The van der Waals surface area contributed by atoms with Crippen LogP contribution in [0.3, 0.4) is 0 Å². The molecule has 2 aliphatic rings. The summed E-state index contributed by atoms with van der Waals surface area (Å²) in [4.78, 5) is 33.0. The molecule has 0 radical (unpaired) electrons. The molecule has 3 amide bonds. The van der Waals surface area contributed by atoms with Crippen LogP contribution in [0.2, 0.25) is 0 Å². The number of ether oxygens (including phenoxy) is 1. The fourth-order valence-corrected chi connectivity index (χ4v) is 4.00. The number of carbonyl (C=O) groups is 2. The normalized spacial score (nSPS) is 20.3. The number of urea groups is 1. The average molecular weight is 374 g/mol. The van der Waals surface area contributed by atoms with Crippen LogP contribution in [0, 0.1) is 5.92 Å². The quantitative estimate of drug-likeness (QED) is 0.756. The number of aromatic nitrogens is 1. The molecule has 1 aromatic rings. The van der Waals surface area contributed by atoms with Gasteiger partial charge in [-0.25, -0.2) is 4.79 Å². The summed E-state index contributed by atoms with van der Waals surface area (Å²) in [5.74, 6) is 0.437. The van der Waals surface area contributed by atoms with E-state index in [1.165, 1.54) is 12.8 Å². The van der Waals surface area contributed by atoms with Crippen molar-refractivity contribution in [2.75, 3.05) is 33.4 Å². The van der Waals surface area contributed by atoms with Gasteiger partial charge in [-0.05, 0) is 25.0 Å². The molecule has 1 saturated carbocycles. The number of amides is 3. The van der Waals surface area contributed by atoms with E-state index in [2.05, 4.69) is 10.3 Å². The summed E-state index contributed by atoms with van der Waals surface area (Å²) in [6.07, 6.45) is 6.95. The number of nitrogens with one attached hydrogen (secondary N) is 1. The Kier molecular flexibility index (Phi) is 7.04. The lowest BCUT2D eigenvalue weighted by molar-refractivity contribution is -0.129. The van der Waals surface area contributed by atoms with E-state index in [1.54, 1.807) is 18.2 Å². The number of methoxy groups -OCH3 is 1. The van der Waals surface area contributed by atoms with Crippen molar-refractivity contribution in [3.8, 4) is 0 Å². The zero-order valence-electron chi connectivity index (χ0n) is 16.1. The first-order valence-electron chi connectivity index (χ1n) is 9.88. The fourth-order valence-electron chi connectivity index (χ4n) is 4.00. The summed E-state index contributed by atoms with van der Waals surface area (Å²) < 4.78 is 5.13. The van der Waals surface area contributed by atoms with Gasteiger partial charge in [0.2, 0.25) is 5.91 Å². The van der Waals surface area contributed by atoms with Crippen molar-refractivity contribution >= 4 is 11.9 Å². The molecule has 1 aliphatic carbocycles. The Hall–Kier alpha value is -2.15. The van der Waals surface area contributed by atoms with Gasteiger partial charge >= 0.3 is 6.03 Å². The van der Waals surface area contributed by atoms with Gasteiger partial charge in [0, 0.05) is 51.3 Å². The predicted molar refractivity (Wildman–Crippen MR) is 102 cm³/mol. The molecule has 27 heavy (non-hydrogen) atoms. The molecule has 0 unspecified atom stereocenters. The summed E-state index contributed by atoms with van der Waals surface area (Å²) >= 11 is 0. The molecule has 2 heterocycles. The maximum absolute atomic E-state index is 12.7. The summed E-state index contributed by atoms with van der Waals surface area (Å²) in [5.41, 5.74) is 0.840. The highest BCUT2D eigenvalue weighted by molar-refractivity contribution is 5.79. The third kappa shape index (κ3) is 5.42. The van der Waals surface area contributed by atoms with Crippen molar-refractivity contribution < 1.29 is 14.3 Å². The number of pyridine rings is 1. The van der Waals surface area contributed by atoms with E-state index in [4.69, 9.17) is 4.74 Å². The van der Waals surface area contributed by atoms with Crippen LogP contribution in [0.4, 0.5) is 4.79 Å². The van der Waals surface area contributed by atoms with Gasteiger partial charge in [0.1, 0.15) is 0 Å². The Bertz CT molecular complexity index is 619. The summed E-state index contributed by atoms with van der Waals surface area (Å²) in [5, 5.41) is 3.01. The lowest BCUT2D eigenvalue weighted by Crippen LogP contribution is -2.43. The minimum atomic E-state index is -0.135. The summed E-state index contributed by atoms with van der Waals surface area (Å²) in [6.45, 7) is 2.70. The van der Waals surface area contributed by atoms with E-state index in [0.717, 1.165) is 25.1 Å². The number of carbonyl (C=O) groups excluding carboxylic acids is 2. The van der Waals surface area contributed by atoms with Crippen LogP contribution in [-0.4, -0.2) is 66.1 Å². The van der Waals surface area contributed by atoms with Gasteiger partial charge in [0.05, 0.1) is 18.8 Å². The van der Waals surface area contributed by atoms with E-state index in [1.807, 2.05) is 23.1 Å². The van der Waals surface area contributed by atoms with E-state index in [-0.39, 0.29) is 17.9 Å². The minimum absolute atomic E-state index is 0.135. The Morgan fingerprint density at radius 1 is 1.37 bits per heavy atom. The third-order valence-electron chi connectivity index (χ3n) is 5.48. The molecule has 7 heteroatoms. The van der Waals surface area contributed by atoms with Crippen molar-refractivity contribution in [3.05, 3.63) is 30.1 Å². The molecule has 1 saturated heterocycles. The molecule has 7 nitrogen and oxygen atoms in total. The fraction of sp³-hybridized carbons (Fsp3) is 0.650. The standard InChI is InChI=1S/C20H30N4O3/c1-27-11-10-23(15-17-6-4-5-9-21-17)20(26)22-13-16-12-19(25)24(14-16)18-7-2-3-8-18/h4-6,9,16,18H,2-3,7-8,10-15H2,1H3,(H,22,26)/t16-/m1/s1. The largest absolute Gasteiger partial charge is 0.383 e. The first-order valence-corrected chi connectivity index (χ1v) is 9.88. The summed E-state index contributed by atoms with van der Waals surface area (Å²) in [6, 6.07) is 5.96. The Balaban J connectivity index is 1.50. The van der Waals surface area contributed by atoms with Crippen LogP contribution in [0.5, 0.6) is 0 Å². The van der Waals surface area contributed by atoms with Crippen LogP contribution in [0.1, 0.15) is 37.8 Å². The molecule has 1 N–H and O–H groups in total. The van der Waals surface area contributed by atoms with Crippen LogP contribution in [0.15, 0.2) is 24.4 Å². The van der Waals surface area contributed by atoms with Gasteiger partial charge in [-0.15, -0.1) is 0 Å². The highest BCUT2D eigenvalue weighted by Gasteiger charge is 2.35. The van der Waals surface area contributed by atoms with E-state index >= 15 is 0 Å². The maximum Gasteiger partial charge on any atom is 0.317 e. The number of hydrogen-bond donors (Lipinski definition) is 1. The Morgan fingerprint density at radius 2 is 2.19 bits per heavy atom. The second-order valence-corrected chi connectivity index (χ2v) is 7.48. The molecule has 0 aromatic carbocycles. The van der Waals surface area contributed by atoms with Crippen molar-refractivity contribution in [1.82, 2.24) is 20.1 Å². The molecule has 0 spiro atoms. The maximum atomic E-state index is 12.7. The lowest BCUT2D eigenvalue weighted by Gasteiger charge is -2.25. The first kappa shape index (κ1) is 19.6. The summed E-state index contributed by atoms with van der Waals surface area (Å²) in [7, 11) is 1.62. The molecule has 3 rings (SSSR count). The van der Waals surface area contributed by atoms with Gasteiger partial charge in [-0.1, -0.05) is 18.9 Å². The van der Waals surface area contributed by atoms with Crippen molar-refractivity contribution in [2.24, 2.45) is 5.92 Å². The van der Waals surface area contributed by atoms with Crippen LogP contribution >= 0.6 is 0 Å². The van der Waals surface area contributed by atoms with Crippen LogP contribution < -0.4 is 5.32 Å². The van der Waals surface area contributed by atoms with Crippen molar-refractivity contribution in [3.63, 3.8) is 0 Å². The monoisotopic (exact) mass is 374 g/mol. The topological polar surface area (TPSA) is 74.8 Å². The molecule has 148 valence electrons. The number of likely N-dealkylation sites (tertiary alicyclic amines) is 1. The lowest BCUT2D eigenvalue weighted by atomic mass is 10.1. The molecule has 1 aliphatic heterocycles. The third-order valence-corrected chi connectivity index (χ3v) is 5.48. The van der Waals surface area contributed by atoms with Crippen LogP contribution in [-0.2, 0) is 16.1 Å². The zero-order valence-corrected chi connectivity index (χ0v) is 16.1. The first-order chi connectivity index (χ1) is 13.2. The van der Waals surface area contributed by atoms with Crippen LogP contribution in [0.25, 0.3) is 0 Å². The van der Waals surface area contributed by atoms with Gasteiger partial charge < -0.3 is 19.9 Å². The average Bonchev–Trinajstić information content (AvgIpc) is 3.33. The molecular formula is C20H30N4O3. The van der Waals surface area contributed by atoms with E-state index < -0.39 is 0 Å². The highest BCUT2D eigenvalue weighted by atomic mass is 16.5.